The van der Waals surface area contributed by atoms with Gasteiger partial charge in [-0.2, -0.15) is 0 Å². The van der Waals surface area contributed by atoms with Gasteiger partial charge in [0.1, 0.15) is 6.10 Å². The zero-order valence-electron chi connectivity index (χ0n) is 14.6. The van der Waals surface area contributed by atoms with Crippen LogP contribution in [0.4, 0.5) is 5.69 Å². The number of hydrogen-bond acceptors (Lipinski definition) is 5. The molecule has 0 bridgehead atoms. The van der Waals surface area contributed by atoms with Gasteiger partial charge >= 0.3 is 0 Å². The number of carbonyl (C=O) groups excluding carboxylic acids is 1. The molecule has 1 amide bonds. The van der Waals surface area contributed by atoms with E-state index in [1.807, 2.05) is 46.4 Å². The van der Waals surface area contributed by atoms with Crippen LogP contribution in [-0.2, 0) is 14.3 Å². The number of thiazole rings is 1. The lowest BCUT2D eigenvalue weighted by Gasteiger charge is -2.16. The highest BCUT2D eigenvalue weighted by molar-refractivity contribution is 7.15. The van der Waals surface area contributed by atoms with Crippen LogP contribution in [0.3, 0.4) is 0 Å². The number of ether oxygens (including phenoxy) is 2. The molecule has 0 unspecified atom stereocenters. The van der Waals surface area contributed by atoms with Crippen molar-refractivity contribution in [3.8, 4) is 11.3 Å². The van der Waals surface area contributed by atoms with E-state index < -0.39 is 6.10 Å². The SMILES string of the molecule is C[C@H](OC[C@H]1CCCO1)C(=O)Nc1ccc(-c2cn3ccsc3n2)cc1. The number of aromatic nitrogens is 2. The van der Waals surface area contributed by atoms with E-state index in [4.69, 9.17) is 9.47 Å². The fraction of sp³-hybridized carbons (Fsp3) is 0.368. The third-order valence-corrected chi connectivity index (χ3v) is 5.24. The van der Waals surface area contributed by atoms with Crippen molar-refractivity contribution in [1.29, 1.82) is 0 Å². The molecule has 4 rings (SSSR count). The number of fused-ring (bicyclic) bond motifs is 1. The molecule has 3 aromatic rings. The Hall–Kier alpha value is -2.22. The van der Waals surface area contributed by atoms with Crippen LogP contribution in [0.5, 0.6) is 0 Å². The van der Waals surface area contributed by atoms with Crippen molar-refractivity contribution in [1.82, 2.24) is 9.38 Å². The van der Waals surface area contributed by atoms with Crippen LogP contribution in [0.2, 0.25) is 0 Å². The predicted octanol–water partition coefficient (Wildman–Crippen LogP) is 3.59. The molecule has 1 aliphatic rings. The van der Waals surface area contributed by atoms with Gasteiger partial charge in [-0.05, 0) is 31.9 Å². The fourth-order valence-corrected chi connectivity index (χ4v) is 3.64. The van der Waals surface area contributed by atoms with E-state index in [9.17, 15) is 4.79 Å². The van der Waals surface area contributed by atoms with Crippen molar-refractivity contribution in [2.24, 2.45) is 0 Å². The Morgan fingerprint density at radius 1 is 1.46 bits per heavy atom. The molecule has 0 radical (unpaired) electrons. The molecule has 3 heterocycles. The molecule has 1 aromatic carbocycles. The summed E-state index contributed by atoms with van der Waals surface area (Å²) in [6.45, 7) is 3.01. The van der Waals surface area contributed by atoms with Crippen LogP contribution in [0.25, 0.3) is 16.2 Å². The summed E-state index contributed by atoms with van der Waals surface area (Å²) < 4.78 is 13.1. The van der Waals surface area contributed by atoms with Gasteiger partial charge < -0.3 is 14.8 Å². The van der Waals surface area contributed by atoms with Gasteiger partial charge in [0, 0.05) is 35.6 Å². The van der Waals surface area contributed by atoms with Crippen LogP contribution in [-0.4, -0.2) is 40.7 Å². The normalized spacial score (nSPS) is 18.3. The highest BCUT2D eigenvalue weighted by Gasteiger charge is 2.20. The molecule has 0 aliphatic carbocycles. The first-order valence-electron chi connectivity index (χ1n) is 8.76. The van der Waals surface area contributed by atoms with E-state index in [2.05, 4.69) is 10.3 Å². The number of imidazole rings is 1. The smallest absolute Gasteiger partial charge is 0.253 e. The number of nitrogens with zero attached hydrogens (tertiary/aromatic N) is 2. The van der Waals surface area contributed by atoms with Crippen LogP contribution in [0.1, 0.15) is 19.8 Å². The minimum absolute atomic E-state index is 0.120. The van der Waals surface area contributed by atoms with Gasteiger partial charge in [0.05, 0.1) is 18.4 Å². The van der Waals surface area contributed by atoms with Crippen molar-refractivity contribution in [2.45, 2.75) is 32.0 Å². The summed E-state index contributed by atoms with van der Waals surface area (Å²) in [5, 5.41) is 4.90. The van der Waals surface area contributed by atoms with Crippen molar-refractivity contribution >= 4 is 27.9 Å². The second-order valence-electron chi connectivity index (χ2n) is 6.40. The number of rotatable bonds is 6. The largest absolute Gasteiger partial charge is 0.376 e. The zero-order valence-corrected chi connectivity index (χ0v) is 15.4. The average Bonchev–Trinajstić information content (AvgIpc) is 3.37. The van der Waals surface area contributed by atoms with Gasteiger partial charge in [-0.15, -0.1) is 11.3 Å². The minimum Gasteiger partial charge on any atom is -0.376 e. The summed E-state index contributed by atoms with van der Waals surface area (Å²) in [6, 6.07) is 7.68. The van der Waals surface area contributed by atoms with Crippen molar-refractivity contribution in [2.75, 3.05) is 18.5 Å². The summed E-state index contributed by atoms with van der Waals surface area (Å²) in [5.41, 5.74) is 2.68. The van der Waals surface area contributed by atoms with Gasteiger partial charge in [-0.25, -0.2) is 4.98 Å². The molecule has 2 aromatic heterocycles. The van der Waals surface area contributed by atoms with E-state index in [1.54, 1.807) is 18.3 Å². The highest BCUT2D eigenvalue weighted by Crippen LogP contribution is 2.23. The van der Waals surface area contributed by atoms with E-state index in [-0.39, 0.29) is 12.0 Å². The quantitative estimate of drug-likeness (QED) is 0.719. The van der Waals surface area contributed by atoms with Crippen molar-refractivity contribution in [3.63, 3.8) is 0 Å². The molecule has 0 spiro atoms. The van der Waals surface area contributed by atoms with Gasteiger partial charge in [0.25, 0.3) is 5.91 Å². The third kappa shape index (κ3) is 3.80. The van der Waals surface area contributed by atoms with Crippen LogP contribution in [0, 0.1) is 0 Å². The number of hydrogen-bond donors (Lipinski definition) is 1. The first-order chi connectivity index (χ1) is 12.7. The molecule has 7 heteroatoms. The maximum Gasteiger partial charge on any atom is 0.253 e. The van der Waals surface area contributed by atoms with Crippen LogP contribution in [0.15, 0.2) is 42.0 Å². The summed E-state index contributed by atoms with van der Waals surface area (Å²) in [4.78, 5) is 17.8. The molecule has 1 aliphatic heterocycles. The molecule has 26 heavy (non-hydrogen) atoms. The second-order valence-corrected chi connectivity index (χ2v) is 7.27. The first kappa shape index (κ1) is 17.2. The molecule has 1 N–H and O–H groups in total. The van der Waals surface area contributed by atoms with Gasteiger partial charge in [-0.3, -0.25) is 9.20 Å². The van der Waals surface area contributed by atoms with E-state index in [0.29, 0.717) is 6.61 Å². The number of benzene rings is 1. The Balaban J connectivity index is 1.34. The summed E-state index contributed by atoms with van der Waals surface area (Å²) in [6.07, 6.45) is 5.66. The summed E-state index contributed by atoms with van der Waals surface area (Å²) in [5.74, 6) is -0.154. The summed E-state index contributed by atoms with van der Waals surface area (Å²) in [7, 11) is 0. The standard InChI is InChI=1S/C19H21N3O3S/c1-13(25-12-16-3-2-9-24-16)18(23)20-15-6-4-14(5-7-15)17-11-22-8-10-26-19(22)21-17/h4-8,10-11,13,16H,2-3,9,12H2,1H3,(H,20,23)/t13-,16+/m0/s1. The van der Waals surface area contributed by atoms with Gasteiger partial charge in [0.2, 0.25) is 0 Å². The van der Waals surface area contributed by atoms with Crippen molar-refractivity contribution in [3.05, 3.63) is 42.0 Å². The molecule has 1 saturated heterocycles. The minimum atomic E-state index is -0.515. The third-order valence-electron chi connectivity index (χ3n) is 4.47. The Morgan fingerprint density at radius 3 is 3.04 bits per heavy atom. The number of anilines is 1. The maximum atomic E-state index is 12.3. The summed E-state index contributed by atoms with van der Waals surface area (Å²) >= 11 is 1.60. The average molecular weight is 371 g/mol. The van der Waals surface area contributed by atoms with Crippen LogP contribution >= 0.6 is 11.3 Å². The molecule has 136 valence electrons. The van der Waals surface area contributed by atoms with E-state index >= 15 is 0 Å². The first-order valence-corrected chi connectivity index (χ1v) is 9.64. The Bertz CT molecular complexity index is 852. The lowest BCUT2D eigenvalue weighted by atomic mass is 10.1. The van der Waals surface area contributed by atoms with E-state index in [0.717, 1.165) is 41.4 Å². The topological polar surface area (TPSA) is 64.9 Å². The second kappa shape index (κ2) is 7.57. The Kier molecular flexibility index (Phi) is 5.01. The maximum absolute atomic E-state index is 12.3. The lowest BCUT2D eigenvalue weighted by Crippen LogP contribution is -2.30. The molecule has 0 saturated carbocycles. The van der Waals surface area contributed by atoms with Crippen LogP contribution < -0.4 is 5.32 Å². The Labute approximate surface area is 155 Å². The monoisotopic (exact) mass is 371 g/mol. The Morgan fingerprint density at radius 2 is 2.31 bits per heavy atom. The zero-order chi connectivity index (χ0) is 17.9. The number of amides is 1. The molecular weight excluding hydrogens is 350 g/mol. The number of carbonyl (C=O) groups is 1. The molecule has 2 atom stereocenters. The highest BCUT2D eigenvalue weighted by atomic mass is 32.1. The van der Waals surface area contributed by atoms with Crippen molar-refractivity contribution < 1.29 is 14.3 Å². The predicted molar refractivity (Wildman–Crippen MR) is 102 cm³/mol. The molecule has 6 nitrogen and oxygen atoms in total. The molecular formula is C19H21N3O3S. The lowest BCUT2D eigenvalue weighted by molar-refractivity contribution is -0.128. The van der Waals surface area contributed by atoms with Gasteiger partial charge in [-0.1, -0.05) is 12.1 Å². The number of nitrogens with one attached hydrogen (secondary N) is 1. The fourth-order valence-electron chi connectivity index (χ4n) is 2.94. The van der Waals surface area contributed by atoms with Gasteiger partial charge in [0.15, 0.2) is 4.96 Å². The molecule has 1 fully saturated rings. The van der Waals surface area contributed by atoms with E-state index in [1.165, 1.54) is 0 Å².